The smallest absolute Gasteiger partial charge is 0.255 e. The Morgan fingerprint density at radius 2 is 1.59 bits per heavy atom. The number of hydrogen-bond acceptors (Lipinski definition) is 5. The number of carbonyl (C=O) groups is 1. The summed E-state index contributed by atoms with van der Waals surface area (Å²) < 4.78 is 12.3. The van der Waals surface area contributed by atoms with Crippen molar-refractivity contribution in [1.29, 1.82) is 0 Å². The van der Waals surface area contributed by atoms with Crippen LogP contribution in [-0.4, -0.2) is 56.0 Å². The first kappa shape index (κ1) is 22.2. The molecule has 1 N–H and O–H groups in total. The Kier molecular flexibility index (Phi) is 6.34. The monoisotopic (exact) mass is 455 g/mol. The minimum Gasteiger partial charge on any atom is -0.496 e. The van der Waals surface area contributed by atoms with Crippen LogP contribution in [0.5, 0.6) is 5.75 Å². The van der Waals surface area contributed by atoms with E-state index in [0.717, 1.165) is 54.2 Å². The highest BCUT2D eigenvalue weighted by Crippen LogP contribution is 2.43. The Morgan fingerprint density at radius 1 is 0.912 bits per heavy atom. The van der Waals surface area contributed by atoms with Crippen molar-refractivity contribution >= 4 is 22.6 Å². The zero-order chi connectivity index (χ0) is 23.5. The molecule has 1 saturated heterocycles. The summed E-state index contributed by atoms with van der Waals surface area (Å²) >= 11 is 0. The molecule has 1 aromatic heterocycles. The highest BCUT2D eigenvalue weighted by Gasteiger charge is 2.33. The molecule has 1 fully saturated rings. The zero-order valence-electron chi connectivity index (χ0n) is 19.5. The van der Waals surface area contributed by atoms with E-state index in [4.69, 9.17) is 9.15 Å². The van der Waals surface area contributed by atoms with Crippen LogP contribution in [0.25, 0.3) is 11.0 Å². The van der Waals surface area contributed by atoms with Crippen molar-refractivity contribution in [2.75, 3.05) is 45.7 Å². The van der Waals surface area contributed by atoms with Gasteiger partial charge in [-0.1, -0.05) is 48.5 Å². The van der Waals surface area contributed by atoms with E-state index in [1.807, 2.05) is 72.8 Å². The summed E-state index contributed by atoms with van der Waals surface area (Å²) in [6.07, 6.45) is 0. The van der Waals surface area contributed by atoms with E-state index in [2.05, 4.69) is 28.2 Å². The van der Waals surface area contributed by atoms with Gasteiger partial charge >= 0.3 is 0 Å². The molecule has 5 rings (SSSR count). The Bertz CT molecular complexity index is 1280. The van der Waals surface area contributed by atoms with Gasteiger partial charge in [-0.2, -0.15) is 0 Å². The van der Waals surface area contributed by atoms with E-state index >= 15 is 0 Å². The Balaban J connectivity index is 1.65. The summed E-state index contributed by atoms with van der Waals surface area (Å²) in [5.74, 6) is 1.36. The molecule has 1 aliphatic heterocycles. The lowest BCUT2D eigenvalue weighted by Crippen LogP contribution is -2.46. The van der Waals surface area contributed by atoms with Crippen LogP contribution in [0.15, 0.2) is 83.3 Å². The van der Waals surface area contributed by atoms with Gasteiger partial charge in [-0.3, -0.25) is 9.69 Å². The molecule has 6 nitrogen and oxygen atoms in total. The molecule has 34 heavy (non-hydrogen) atoms. The number of methoxy groups -OCH3 is 1. The fourth-order valence-corrected chi connectivity index (χ4v) is 4.64. The van der Waals surface area contributed by atoms with Crippen LogP contribution >= 0.6 is 0 Å². The molecular weight excluding hydrogens is 426 g/mol. The number of amides is 1. The predicted octanol–water partition coefficient (Wildman–Crippen LogP) is 5.03. The molecule has 0 spiro atoms. The van der Waals surface area contributed by atoms with Crippen LogP contribution in [0.3, 0.4) is 0 Å². The molecule has 2 heterocycles. The fourth-order valence-electron chi connectivity index (χ4n) is 4.64. The molecule has 0 radical (unpaired) electrons. The van der Waals surface area contributed by atoms with Gasteiger partial charge in [0.2, 0.25) is 0 Å². The second kappa shape index (κ2) is 9.71. The number of likely N-dealkylation sites (N-methyl/N-ethyl adjacent to an activating group) is 1. The van der Waals surface area contributed by atoms with Gasteiger partial charge in [-0.15, -0.1) is 0 Å². The fraction of sp³-hybridized carbons (Fsp3) is 0.250. The van der Waals surface area contributed by atoms with Crippen LogP contribution < -0.4 is 10.1 Å². The van der Waals surface area contributed by atoms with E-state index in [1.54, 1.807) is 7.11 Å². The number of rotatable bonds is 6. The zero-order valence-corrected chi connectivity index (χ0v) is 19.5. The average molecular weight is 456 g/mol. The van der Waals surface area contributed by atoms with Crippen molar-refractivity contribution in [3.8, 4) is 5.75 Å². The van der Waals surface area contributed by atoms with Crippen molar-refractivity contribution in [3.05, 3.63) is 95.7 Å². The molecule has 0 saturated carbocycles. The maximum atomic E-state index is 13.2. The number of furan rings is 1. The van der Waals surface area contributed by atoms with Crippen LogP contribution in [0.1, 0.15) is 27.7 Å². The molecule has 4 aromatic rings. The third-order valence-corrected chi connectivity index (χ3v) is 6.48. The quantitative estimate of drug-likeness (QED) is 0.442. The molecule has 1 atom stereocenters. The highest BCUT2D eigenvalue weighted by atomic mass is 16.5. The number of carbonyl (C=O) groups excluding carboxylic acids is 1. The number of nitrogens with zero attached hydrogens (tertiary/aromatic N) is 2. The highest BCUT2D eigenvalue weighted by molar-refractivity contribution is 6.09. The van der Waals surface area contributed by atoms with E-state index in [9.17, 15) is 4.79 Å². The minimum absolute atomic E-state index is 0.162. The van der Waals surface area contributed by atoms with Gasteiger partial charge in [0, 0.05) is 42.7 Å². The van der Waals surface area contributed by atoms with Gasteiger partial charge < -0.3 is 19.4 Å². The lowest BCUT2D eigenvalue weighted by Gasteiger charge is -2.38. The summed E-state index contributed by atoms with van der Waals surface area (Å²) in [4.78, 5) is 17.9. The SMILES string of the molecule is COc1ccccc1[C@@H](c1oc2ccccc2c1NC(=O)c1ccccc1)N1CCN(C)CC1. The number of anilines is 1. The number of hydrogen-bond donors (Lipinski definition) is 1. The maximum absolute atomic E-state index is 13.2. The van der Waals surface area contributed by atoms with Crippen molar-refractivity contribution in [2.45, 2.75) is 6.04 Å². The second-order valence-corrected chi connectivity index (χ2v) is 8.64. The predicted molar refractivity (Wildman–Crippen MR) is 135 cm³/mol. The van der Waals surface area contributed by atoms with Crippen molar-refractivity contribution in [3.63, 3.8) is 0 Å². The van der Waals surface area contributed by atoms with Crippen molar-refractivity contribution in [1.82, 2.24) is 9.80 Å². The molecule has 3 aromatic carbocycles. The maximum Gasteiger partial charge on any atom is 0.255 e. The van der Waals surface area contributed by atoms with E-state index < -0.39 is 0 Å². The summed E-state index contributed by atoms with van der Waals surface area (Å²) in [6, 6.07) is 25.0. The van der Waals surface area contributed by atoms with Gasteiger partial charge in [0.1, 0.15) is 11.3 Å². The molecular formula is C28H29N3O3. The Labute approximate surface area is 199 Å². The number of benzene rings is 3. The van der Waals surface area contributed by atoms with Gasteiger partial charge in [0.05, 0.1) is 18.8 Å². The minimum atomic E-state index is -0.205. The second-order valence-electron chi connectivity index (χ2n) is 8.64. The number of para-hydroxylation sites is 2. The van der Waals surface area contributed by atoms with Crippen molar-refractivity contribution < 1.29 is 13.9 Å². The van der Waals surface area contributed by atoms with Crippen LogP contribution in [0.4, 0.5) is 5.69 Å². The van der Waals surface area contributed by atoms with Gasteiger partial charge in [0.25, 0.3) is 5.91 Å². The Morgan fingerprint density at radius 3 is 2.35 bits per heavy atom. The first-order chi connectivity index (χ1) is 16.7. The van der Waals surface area contributed by atoms with E-state index in [0.29, 0.717) is 11.3 Å². The molecule has 1 amide bonds. The number of ether oxygens (including phenoxy) is 1. The molecule has 6 heteroatoms. The summed E-state index contributed by atoms with van der Waals surface area (Å²) in [7, 11) is 3.83. The molecule has 0 bridgehead atoms. The molecule has 0 aliphatic carbocycles. The number of fused-ring (bicyclic) bond motifs is 1. The number of piperazine rings is 1. The van der Waals surface area contributed by atoms with Crippen LogP contribution in [0.2, 0.25) is 0 Å². The third-order valence-electron chi connectivity index (χ3n) is 6.48. The normalized spacial score (nSPS) is 15.8. The molecule has 174 valence electrons. The van der Waals surface area contributed by atoms with E-state index in [1.165, 1.54) is 0 Å². The topological polar surface area (TPSA) is 58.0 Å². The first-order valence-electron chi connectivity index (χ1n) is 11.6. The third kappa shape index (κ3) is 4.30. The molecule has 0 unspecified atom stereocenters. The standard InChI is InChI=1S/C28H29N3O3/c1-30-16-18-31(19-17-30)26(22-13-7-8-14-23(22)33-2)27-25(21-12-6-9-15-24(21)34-27)29-28(32)20-10-4-3-5-11-20/h3-15,26H,16-19H2,1-2H3,(H,29,32)/t26-/m0/s1. The van der Waals surface area contributed by atoms with Crippen LogP contribution in [-0.2, 0) is 0 Å². The van der Waals surface area contributed by atoms with Crippen LogP contribution in [0, 0.1) is 0 Å². The molecule has 1 aliphatic rings. The van der Waals surface area contributed by atoms with E-state index in [-0.39, 0.29) is 11.9 Å². The first-order valence-corrected chi connectivity index (χ1v) is 11.6. The van der Waals surface area contributed by atoms with Crippen molar-refractivity contribution in [2.24, 2.45) is 0 Å². The summed E-state index contributed by atoms with van der Waals surface area (Å²) in [5, 5.41) is 4.06. The summed E-state index contributed by atoms with van der Waals surface area (Å²) in [5.41, 5.74) is 3.07. The average Bonchev–Trinajstić information content (AvgIpc) is 3.24. The van der Waals surface area contributed by atoms with Gasteiger partial charge in [-0.25, -0.2) is 0 Å². The van der Waals surface area contributed by atoms with Gasteiger partial charge in [0.15, 0.2) is 5.76 Å². The summed E-state index contributed by atoms with van der Waals surface area (Å²) in [6.45, 7) is 3.67. The number of nitrogens with one attached hydrogen (secondary N) is 1. The lowest BCUT2D eigenvalue weighted by molar-refractivity contribution is 0.102. The van der Waals surface area contributed by atoms with Gasteiger partial charge in [-0.05, 0) is 37.4 Å². The lowest BCUT2D eigenvalue weighted by atomic mass is 9.98. The Hall–Kier alpha value is -3.61. The largest absolute Gasteiger partial charge is 0.496 e.